The van der Waals surface area contributed by atoms with Gasteiger partial charge in [0, 0.05) is 12.8 Å². The Kier molecular flexibility index (Phi) is 38.5. The summed E-state index contributed by atoms with van der Waals surface area (Å²) < 4.78 is 33.5. The van der Waals surface area contributed by atoms with Crippen molar-refractivity contribution in [2.24, 2.45) is 0 Å². The number of aliphatic hydroxyl groups excluding tert-OH is 5. The summed E-state index contributed by atoms with van der Waals surface area (Å²) in [6.45, 7) is 3.17. The van der Waals surface area contributed by atoms with Gasteiger partial charge in [0.25, 0.3) is 0 Å². The lowest BCUT2D eigenvalue weighted by Crippen LogP contribution is -2.64. The first-order chi connectivity index (χ1) is 32.4. The highest BCUT2D eigenvalue weighted by atomic mass is 31.2. The Bertz CT molecular complexity index is 1530. The minimum Gasteiger partial charge on any atom is -0.462 e. The van der Waals surface area contributed by atoms with E-state index in [2.05, 4.69) is 86.8 Å². The number of hydrogen-bond acceptors (Lipinski definition) is 12. The minimum atomic E-state index is -5.16. The Labute approximate surface area is 402 Å². The molecule has 1 rings (SSSR count). The van der Waals surface area contributed by atoms with E-state index in [-0.39, 0.29) is 12.8 Å². The van der Waals surface area contributed by atoms with Crippen LogP contribution in [0.3, 0.4) is 0 Å². The highest BCUT2D eigenvalue weighted by Crippen LogP contribution is 2.47. The molecule has 0 heterocycles. The van der Waals surface area contributed by atoms with Gasteiger partial charge in [0.05, 0.1) is 6.61 Å². The molecule has 0 radical (unpaired) electrons. The molecule has 382 valence electrons. The lowest BCUT2D eigenvalue weighted by Gasteiger charge is -2.41. The number of ether oxygens (including phenoxy) is 2. The normalized spacial score (nSPS) is 22.0. The predicted molar refractivity (Wildman–Crippen MR) is 267 cm³/mol. The van der Waals surface area contributed by atoms with Crippen molar-refractivity contribution >= 4 is 19.8 Å². The molecule has 13 nitrogen and oxygen atoms in total. The maximum absolute atomic E-state index is 12.8. The van der Waals surface area contributed by atoms with Crippen molar-refractivity contribution in [3.63, 3.8) is 0 Å². The second-order valence-corrected chi connectivity index (χ2v) is 18.4. The molecule has 0 aliphatic heterocycles. The summed E-state index contributed by atoms with van der Waals surface area (Å²) in [6.07, 6.45) is 43.3. The first-order valence-electron chi connectivity index (χ1n) is 25.0. The van der Waals surface area contributed by atoms with E-state index < -0.39 is 75.7 Å². The van der Waals surface area contributed by atoms with E-state index in [1.807, 2.05) is 24.3 Å². The fourth-order valence-electron chi connectivity index (χ4n) is 6.86. The van der Waals surface area contributed by atoms with E-state index in [0.29, 0.717) is 25.7 Å². The quantitative estimate of drug-likeness (QED) is 0.0146. The van der Waals surface area contributed by atoms with Crippen LogP contribution < -0.4 is 0 Å². The van der Waals surface area contributed by atoms with Crippen LogP contribution >= 0.6 is 7.82 Å². The van der Waals surface area contributed by atoms with Crippen molar-refractivity contribution in [2.75, 3.05) is 13.2 Å². The van der Waals surface area contributed by atoms with Gasteiger partial charge in [0.2, 0.25) is 0 Å². The van der Waals surface area contributed by atoms with Crippen molar-refractivity contribution in [3.05, 3.63) is 97.2 Å². The van der Waals surface area contributed by atoms with Crippen LogP contribution in [0.15, 0.2) is 97.2 Å². The van der Waals surface area contributed by atoms with Crippen molar-refractivity contribution in [2.45, 2.75) is 211 Å². The van der Waals surface area contributed by atoms with Gasteiger partial charge in [-0.2, -0.15) is 0 Å². The third kappa shape index (κ3) is 33.8. The molecule has 6 unspecified atom stereocenters. The smallest absolute Gasteiger partial charge is 0.462 e. The molecule has 14 heteroatoms. The van der Waals surface area contributed by atoms with Gasteiger partial charge in [-0.05, 0) is 89.9 Å². The number of esters is 2. The third-order valence-corrected chi connectivity index (χ3v) is 11.9. The van der Waals surface area contributed by atoms with Crippen molar-refractivity contribution < 1.29 is 63.1 Å². The van der Waals surface area contributed by atoms with Gasteiger partial charge in [-0.1, -0.05) is 162 Å². The molecule has 6 N–H and O–H groups in total. The van der Waals surface area contributed by atoms with Crippen molar-refractivity contribution in [1.82, 2.24) is 0 Å². The predicted octanol–water partition coefficient (Wildman–Crippen LogP) is 10.6. The van der Waals surface area contributed by atoms with Crippen LogP contribution in [0.4, 0.5) is 0 Å². The molecule has 8 atom stereocenters. The molecule has 0 aromatic carbocycles. The molecule has 0 spiro atoms. The Balaban J connectivity index is 2.51. The van der Waals surface area contributed by atoms with E-state index in [4.69, 9.17) is 18.5 Å². The fraction of sp³-hybridized carbons (Fsp3) is 0.660. The van der Waals surface area contributed by atoms with Gasteiger partial charge < -0.3 is 39.9 Å². The zero-order valence-electron chi connectivity index (χ0n) is 40.7. The molecule has 67 heavy (non-hydrogen) atoms. The van der Waals surface area contributed by atoms with Crippen LogP contribution in [-0.2, 0) is 32.7 Å². The third-order valence-electron chi connectivity index (χ3n) is 10.9. The average molecular weight is 963 g/mol. The van der Waals surface area contributed by atoms with Gasteiger partial charge in [0.15, 0.2) is 6.10 Å². The molecule has 1 aliphatic carbocycles. The van der Waals surface area contributed by atoms with Gasteiger partial charge in [-0.15, -0.1) is 0 Å². The Morgan fingerprint density at radius 2 is 0.806 bits per heavy atom. The molecule has 1 aliphatic rings. The SMILES string of the molecule is CCCCC/C=C/C/C=C/C/C=C/C/C=C/CCCC(=O)O[C@@H](COC(=O)CCC/C=C/C/C=C/C/C=C/C/C=C/CCCCCCCCC)COP(=O)(O)OC1C(O)C(O)C(O)[C@H](O)C1O. The highest BCUT2D eigenvalue weighted by molar-refractivity contribution is 7.47. The van der Waals surface area contributed by atoms with Crippen molar-refractivity contribution in [1.29, 1.82) is 0 Å². The molecular formula is C53H87O13P. The topological polar surface area (TPSA) is 210 Å². The summed E-state index contributed by atoms with van der Waals surface area (Å²) in [7, 11) is -5.16. The van der Waals surface area contributed by atoms with E-state index in [0.717, 1.165) is 51.4 Å². The van der Waals surface area contributed by atoms with Crippen LogP contribution in [0, 0.1) is 0 Å². The summed E-state index contributed by atoms with van der Waals surface area (Å²) in [5.74, 6) is -1.24. The summed E-state index contributed by atoms with van der Waals surface area (Å²) in [5.41, 5.74) is 0. The fourth-order valence-corrected chi connectivity index (χ4v) is 7.83. The maximum atomic E-state index is 12.8. The second-order valence-electron chi connectivity index (χ2n) is 17.0. The monoisotopic (exact) mass is 963 g/mol. The molecule has 1 fully saturated rings. The molecule has 1 saturated carbocycles. The van der Waals surface area contributed by atoms with E-state index in [9.17, 15) is 44.6 Å². The number of carbonyl (C=O) groups excluding carboxylic acids is 2. The molecule has 0 saturated heterocycles. The standard InChI is InChI=1S/C53H87O13P/c1-3-5-7-9-11-13-15-17-19-21-22-23-24-26-27-29-31-33-35-37-39-41-46(54)63-43-45(44-64-67(61,62)66-53-51(59)49(57)48(56)50(58)52(53)60)65-47(55)42-40-38-36-34-32-30-28-25-20-18-16-14-12-10-8-6-4-2/h12,14,18-21,23-24,27-30,33-36,45,48-53,56-60H,3-11,13,15-17,22,25-26,31-32,37-44H2,1-2H3,(H,61,62)/b14-12+,20-18+,21-19+,24-23+,29-27+,30-28+,35-33+,36-34+/t45-,48?,49-,50?,51?,52?,53?/m0/s1. The Hall–Kier alpha value is -3.23. The second kappa shape index (κ2) is 41.7. The maximum Gasteiger partial charge on any atom is 0.472 e. The summed E-state index contributed by atoms with van der Waals surface area (Å²) >= 11 is 0. The summed E-state index contributed by atoms with van der Waals surface area (Å²) in [5, 5.41) is 50.2. The molecule has 0 bridgehead atoms. The Morgan fingerprint density at radius 3 is 1.25 bits per heavy atom. The van der Waals surface area contributed by atoms with E-state index in [1.54, 1.807) is 0 Å². The number of carbonyl (C=O) groups is 2. The highest BCUT2D eigenvalue weighted by Gasteiger charge is 2.51. The number of rotatable bonds is 40. The molecular weight excluding hydrogens is 876 g/mol. The van der Waals surface area contributed by atoms with Gasteiger partial charge in [0.1, 0.15) is 43.2 Å². The van der Waals surface area contributed by atoms with Gasteiger partial charge in [-0.3, -0.25) is 18.6 Å². The molecule has 0 aromatic rings. The number of unbranched alkanes of at least 4 members (excludes halogenated alkanes) is 12. The number of phosphoric acid groups is 1. The Morgan fingerprint density at radius 1 is 0.463 bits per heavy atom. The van der Waals surface area contributed by atoms with Crippen LogP contribution in [0.25, 0.3) is 0 Å². The number of aliphatic hydroxyl groups is 5. The van der Waals surface area contributed by atoms with Crippen molar-refractivity contribution in [3.8, 4) is 0 Å². The summed E-state index contributed by atoms with van der Waals surface area (Å²) in [6, 6.07) is 0. The number of allylic oxidation sites excluding steroid dienone is 16. The largest absolute Gasteiger partial charge is 0.472 e. The number of phosphoric ester groups is 1. The molecule has 0 aromatic heterocycles. The van der Waals surface area contributed by atoms with Gasteiger partial charge >= 0.3 is 19.8 Å². The zero-order valence-corrected chi connectivity index (χ0v) is 41.5. The van der Waals surface area contributed by atoms with Crippen LogP contribution in [0.2, 0.25) is 0 Å². The first-order valence-corrected chi connectivity index (χ1v) is 26.5. The minimum absolute atomic E-state index is 0.00355. The van der Waals surface area contributed by atoms with Crippen LogP contribution in [-0.4, -0.2) is 98.3 Å². The first kappa shape index (κ1) is 61.8. The molecule has 0 amide bonds. The van der Waals surface area contributed by atoms with Crippen LogP contribution in [0.5, 0.6) is 0 Å². The zero-order chi connectivity index (χ0) is 49.2. The summed E-state index contributed by atoms with van der Waals surface area (Å²) in [4.78, 5) is 35.7. The van der Waals surface area contributed by atoms with Crippen LogP contribution in [0.1, 0.15) is 168 Å². The van der Waals surface area contributed by atoms with E-state index >= 15 is 0 Å². The average Bonchev–Trinajstić information content (AvgIpc) is 3.31. The lowest BCUT2D eigenvalue weighted by atomic mass is 9.85. The van der Waals surface area contributed by atoms with E-state index in [1.165, 1.54) is 64.2 Å². The number of hydrogen-bond donors (Lipinski definition) is 6. The lowest BCUT2D eigenvalue weighted by molar-refractivity contribution is -0.220. The van der Waals surface area contributed by atoms with Gasteiger partial charge in [-0.25, -0.2) is 4.57 Å².